The molecule has 3 aromatic rings. The lowest BCUT2D eigenvalue weighted by molar-refractivity contribution is -0.120. The number of carbonyl (C=O) groups excluding carboxylic acids is 1. The van der Waals surface area contributed by atoms with Gasteiger partial charge in [-0.3, -0.25) is 4.79 Å². The molecule has 0 aliphatic carbocycles. The highest BCUT2D eigenvalue weighted by molar-refractivity contribution is 5.93. The number of hydrogen-bond donors (Lipinski definition) is 1. The summed E-state index contributed by atoms with van der Waals surface area (Å²) in [5, 5.41) is 11.6. The molecule has 1 amide bonds. The second-order valence-electron chi connectivity index (χ2n) is 7.36. The van der Waals surface area contributed by atoms with Gasteiger partial charge in [-0.1, -0.05) is 0 Å². The molecule has 30 heavy (non-hydrogen) atoms. The molecule has 1 aromatic carbocycles. The number of anilines is 2. The second kappa shape index (κ2) is 8.06. The number of benzene rings is 1. The van der Waals surface area contributed by atoms with Gasteiger partial charge in [0, 0.05) is 30.8 Å². The molecular weight excluding hydrogens is 384 g/mol. The van der Waals surface area contributed by atoms with E-state index < -0.39 is 0 Å². The van der Waals surface area contributed by atoms with E-state index >= 15 is 0 Å². The number of nitrogens with one attached hydrogen (secondary N) is 1. The average molecular weight is 406 g/mol. The van der Waals surface area contributed by atoms with E-state index in [0.29, 0.717) is 36.2 Å². The second-order valence-corrected chi connectivity index (χ2v) is 7.36. The largest absolute Gasteiger partial charge is 0.486 e. The van der Waals surface area contributed by atoms with Crippen LogP contribution in [0, 0.1) is 5.92 Å². The Morgan fingerprint density at radius 2 is 1.83 bits per heavy atom. The van der Waals surface area contributed by atoms with E-state index in [4.69, 9.17) is 13.9 Å². The van der Waals surface area contributed by atoms with E-state index in [0.717, 1.165) is 37.4 Å². The van der Waals surface area contributed by atoms with Crippen molar-refractivity contribution in [3.63, 3.8) is 0 Å². The summed E-state index contributed by atoms with van der Waals surface area (Å²) in [5.41, 5.74) is 1.43. The Labute approximate surface area is 173 Å². The number of piperidine rings is 1. The molecule has 154 valence electrons. The third-order valence-electron chi connectivity index (χ3n) is 5.42. The zero-order valence-electron chi connectivity index (χ0n) is 16.4. The Kier molecular flexibility index (Phi) is 4.96. The number of fused-ring (bicyclic) bond motifs is 1. The van der Waals surface area contributed by atoms with Crippen LogP contribution in [-0.2, 0) is 4.79 Å². The smallest absolute Gasteiger partial charge is 0.227 e. The zero-order chi connectivity index (χ0) is 20.3. The molecule has 2 aliphatic heterocycles. The van der Waals surface area contributed by atoms with Crippen molar-refractivity contribution >= 4 is 17.4 Å². The topological polar surface area (TPSA) is 89.7 Å². The molecule has 8 heteroatoms. The van der Waals surface area contributed by atoms with E-state index in [1.165, 1.54) is 0 Å². The Morgan fingerprint density at radius 3 is 2.57 bits per heavy atom. The van der Waals surface area contributed by atoms with Crippen LogP contribution in [0.3, 0.4) is 0 Å². The maximum atomic E-state index is 12.7. The normalized spacial score (nSPS) is 16.3. The van der Waals surface area contributed by atoms with E-state index in [2.05, 4.69) is 20.4 Å². The highest BCUT2D eigenvalue weighted by atomic mass is 16.6. The number of hydrogen-bond acceptors (Lipinski definition) is 7. The van der Waals surface area contributed by atoms with Crippen LogP contribution in [0.2, 0.25) is 0 Å². The van der Waals surface area contributed by atoms with Gasteiger partial charge in [-0.15, -0.1) is 10.2 Å². The van der Waals surface area contributed by atoms with Crippen LogP contribution in [0.4, 0.5) is 11.5 Å². The molecular formula is C22H22N4O4. The van der Waals surface area contributed by atoms with Crippen molar-refractivity contribution in [2.45, 2.75) is 12.8 Å². The first-order valence-electron chi connectivity index (χ1n) is 10.1. The molecule has 5 rings (SSSR count). The fourth-order valence-electron chi connectivity index (χ4n) is 3.79. The number of carbonyl (C=O) groups is 1. The molecule has 1 fully saturated rings. The van der Waals surface area contributed by atoms with Crippen molar-refractivity contribution in [2.24, 2.45) is 5.92 Å². The fourth-order valence-corrected chi connectivity index (χ4v) is 3.79. The number of furan rings is 1. The van der Waals surface area contributed by atoms with Crippen LogP contribution < -0.4 is 19.7 Å². The predicted octanol–water partition coefficient (Wildman–Crippen LogP) is 3.36. The molecule has 0 atom stereocenters. The van der Waals surface area contributed by atoms with Gasteiger partial charge in [0.1, 0.15) is 18.9 Å². The minimum Gasteiger partial charge on any atom is -0.486 e. The molecule has 1 N–H and O–H groups in total. The van der Waals surface area contributed by atoms with Crippen LogP contribution in [0.5, 0.6) is 11.5 Å². The van der Waals surface area contributed by atoms with Gasteiger partial charge < -0.3 is 24.1 Å². The van der Waals surface area contributed by atoms with Crippen molar-refractivity contribution in [3.8, 4) is 23.0 Å². The summed E-state index contributed by atoms with van der Waals surface area (Å²) in [6.07, 6.45) is 3.14. The Bertz CT molecular complexity index is 1010. The van der Waals surface area contributed by atoms with E-state index in [9.17, 15) is 4.79 Å². The summed E-state index contributed by atoms with van der Waals surface area (Å²) in [7, 11) is 0. The molecule has 2 aliphatic rings. The maximum Gasteiger partial charge on any atom is 0.227 e. The highest BCUT2D eigenvalue weighted by Crippen LogP contribution is 2.33. The van der Waals surface area contributed by atoms with Crippen LogP contribution in [0.25, 0.3) is 11.5 Å². The van der Waals surface area contributed by atoms with Crippen LogP contribution in [0.15, 0.2) is 53.1 Å². The Hall–Kier alpha value is -3.55. The first kappa shape index (κ1) is 18.5. The van der Waals surface area contributed by atoms with Gasteiger partial charge in [0.2, 0.25) is 5.91 Å². The van der Waals surface area contributed by atoms with E-state index in [1.54, 1.807) is 6.26 Å². The van der Waals surface area contributed by atoms with Crippen molar-refractivity contribution in [1.29, 1.82) is 0 Å². The van der Waals surface area contributed by atoms with Gasteiger partial charge in [0.25, 0.3) is 0 Å². The van der Waals surface area contributed by atoms with Crippen molar-refractivity contribution in [3.05, 3.63) is 48.7 Å². The highest BCUT2D eigenvalue weighted by Gasteiger charge is 2.26. The molecule has 0 radical (unpaired) electrons. The molecule has 2 aromatic heterocycles. The zero-order valence-corrected chi connectivity index (χ0v) is 16.4. The minimum atomic E-state index is -0.0372. The Morgan fingerprint density at radius 1 is 1.00 bits per heavy atom. The summed E-state index contributed by atoms with van der Waals surface area (Å²) >= 11 is 0. The van der Waals surface area contributed by atoms with Gasteiger partial charge in [-0.2, -0.15) is 0 Å². The fraction of sp³-hybridized carbons (Fsp3) is 0.318. The number of rotatable bonds is 4. The SMILES string of the molecule is O=C(Nc1ccc2c(c1)OCCO2)C1CCN(c2ccc(-c3ccco3)nn2)CC1. The number of ether oxygens (including phenoxy) is 2. The first-order valence-corrected chi connectivity index (χ1v) is 10.1. The standard InChI is InChI=1S/C22H22N4O4/c27-22(23-16-3-5-19-20(14-16)30-13-12-29-19)15-7-9-26(10-8-15)21-6-4-17(24-25-21)18-2-1-11-28-18/h1-6,11,14-15H,7-10,12-13H2,(H,23,27). The lowest BCUT2D eigenvalue weighted by Crippen LogP contribution is -2.38. The van der Waals surface area contributed by atoms with Crippen molar-refractivity contribution in [2.75, 3.05) is 36.5 Å². The Balaban J connectivity index is 1.17. The summed E-state index contributed by atoms with van der Waals surface area (Å²) < 4.78 is 16.5. The molecule has 0 saturated carbocycles. The van der Waals surface area contributed by atoms with Crippen LogP contribution >= 0.6 is 0 Å². The molecule has 0 spiro atoms. The molecule has 0 bridgehead atoms. The number of aromatic nitrogens is 2. The van der Waals surface area contributed by atoms with Crippen molar-refractivity contribution < 1.29 is 18.7 Å². The van der Waals surface area contributed by atoms with Crippen LogP contribution in [0.1, 0.15) is 12.8 Å². The monoisotopic (exact) mass is 406 g/mol. The molecule has 8 nitrogen and oxygen atoms in total. The maximum absolute atomic E-state index is 12.7. The lowest BCUT2D eigenvalue weighted by atomic mass is 9.95. The summed E-state index contributed by atoms with van der Waals surface area (Å²) in [4.78, 5) is 14.9. The van der Waals surface area contributed by atoms with Gasteiger partial charge >= 0.3 is 0 Å². The van der Waals surface area contributed by atoms with Gasteiger partial charge in [0.05, 0.1) is 6.26 Å². The molecule has 1 saturated heterocycles. The lowest BCUT2D eigenvalue weighted by Gasteiger charge is -2.31. The summed E-state index contributed by atoms with van der Waals surface area (Å²) in [6, 6.07) is 13.0. The number of amides is 1. The average Bonchev–Trinajstić information content (AvgIpc) is 3.34. The molecule has 4 heterocycles. The third-order valence-corrected chi connectivity index (χ3v) is 5.42. The third kappa shape index (κ3) is 3.80. The first-order chi connectivity index (χ1) is 14.8. The number of nitrogens with zero attached hydrogens (tertiary/aromatic N) is 3. The van der Waals surface area contributed by atoms with E-state index in [1.807, 2.05) is 42.5 Å². The molecule has 0 unspecified atom stereocenters. The summed E-state index contributed by atoms with van der Waals surface area (Å²) in [5.74, 6) is 2.90. The van der Waals surface area contributed by atoms with Gasteiger partial charge in [-0.05, 0) is 49.2 Å². The van der Waals surface area contributed by atoms with Gasteiger partial charge in [0.15, 0.2) is 23.1 Å². The quantitative estimate of drug-likeness (QED) is 0.710. The van der Waals surface area contributed by atoms with Gasteiger partial charge in [-0.25, -0.2) is 0 Å². The minimum absolute atomic E-state index is 0.0329. The van der Waals surface area contributed by atoms with Crippen molar-refractivity contribution in [1.82, 2.24) is 10.2 Å². The predicted molar refractivity (Wildman–Crippen MR) is 111 cm³/mol. The van der Waals surface area contributed by atoms with Crippen LogP contribution in [-0.4, -0.2) is 42.4 Å². The summed E-state index contributed by atoms with van der Waals surface area (Å²) in [6.45, 7) is 2.59. The van der Waals surface area contributed by atoms with E-state index in [-0.39, 0.29) is 11.8 Å².